The molecule has 0 unspecified atom stereocenters. The van der Waals surface area contributed by atoms with Gasteiger partial charge in [0, 0.05) is 5.38 Å². The fourth-order valence-electron chi connectivity index (χ4n) is 2.04. The largest absolute Gasteiger partial charge is 0.465 e. The molecule has 0 atom stereocenters. The second kappa shape index (κ2) is 6.13. The molecule has 0 saturated carbocycles. The Morgan fingerprint density at radius 1 is 1.40 bits per heavy atom. The van der Waals surface area contributed by atoms with Crippen LogP contribution in [-0.4, -0.2) is 27.7 Å². The molecule has 0 aliphatic carbocycles. The van der Waals surface area contributed by atoms with Crippen molar-refractivity contribution in [2.24, 2.45) is 0 Å². The van der Waals surface area contributed by atoms with Crippen LogP contribution in [0.2, 0.25) is 0 Å². The summed E-state index contributed by atoms with van der Waals surface area (Å²) in [7, 11) is 0. The topological polar surface area (TPSA) is 78.1 Å². The van der Waals surface area contributed by atoms with Gasteiger partial charge in [-0.1, -0.05) is 19.0 Å². The molecule has 108 valence electrons. The Balaban J connectivity index is 2.37. The van der Waals surface area contributed by atoms with Crippen molar-refractivity contribution < 1.29 is 14.1 Å². The predicted molar refractivity (Wildman–Crippen MR) is 74.3 cm³/mol. The van der Waals surface area contributed by atoms with Crippen molar-refractivity contribution in [2.75, 3.05) is 6.61 Å². The van der Waals surface area contributed by atoms with Crippen LogP contribution in [0.1, 0.15) is 39.5 Å². The predicted octanol–water partition coefficient (Wildman–Crippen LogP) is 2.81. The van der Waals surface area contributed by atoms with Crippen LogP contribution in [-0.2, 0) is 14.9 Å². The van der Waals surface area contributed by atoms with Gasteiger partial charge in [-0.15, -0.1) is 11.3 Å². The summed E-state index contributed by atoms with van der Waals surface area (Å²) in [4.78, 5) is 20.7. The number of hydrogen-bond acceptors (Lipinski definition) is 7. The monoisotopic (exact) mass is 295 g/mol. The molecule has 6 nitrogen and oxygen atoms in total. The van der Waals surface area contributed by atoms with Crippen LogP contribution in [0.25, 0.3) is 11.5 Å². The molecule has 0 radical (unpaired) electrons. The number of thiazole rings is 1. The number of ether oxygens (including phenoxy) is 1. The Hall–Kier alpha value is -1.76. The molecule has 2 aromatic heterocycles. The minimum absolute atomic E-state index is 0.295. The maximum atomic E-state index is 12.3. The van der Waals surface area contributed by atoms with Crippen molar-refractivity contribution in [3.63, 3.8) is 0 Å². The Bertz CT molecular complexity index is 561. The van der Waals surface area contributed by atoms with E-state index in [0.29, 0.717) is 36.9 Å². The molecule has 0 fully saturated rings. The molecule has 2 aromatic rings. The number of nitrogens with zero attached hydrogens (tertiary/aromatic N) is 3. The van der Waals surface area contributed by atoms with Gasteiger partial charge in [0.1, 0.15) is 11.1 Å². The van der Waals surface area contributed by atoms with E-state index in [0.717, 1.165) is 0 Å². The zero-order chi connectivity index (χ0) is 14.6. The highest BCUT2D eigenvalue weighted by molar-refractivity contribution is 7.07. The molecule has 0 amide bonds. The van der Waals surface area contributed by atoms with Gasteiger partial charge in [0.15, 0.2) is 0 Å². The first-order chi connectivity index (χ1) is 9.67. The molecule has 0 aliphatic heterocycles. The summed E-state index contributed by atoms with van der Waals surface area (Å²) in [5, 5.41) is 5.75. The molecule has 0 aliphatic rings. The summed E-state index contributed by atoms with van der Waals surface area (Å²) in [5.41, 5.74) is 1.47. The lowest BCUT2D eigenvalue weighted by Crippen LogP contribution is -2.36. The molecule has 2 heterocycles. The van der Waals surface area contributed by atoms with Gasteiger partial charge in [0.05, 0.1) is 12.1 Å². The van der Waals surface area contributed by atoms with Gasteiger partial charge < -0.3 is 9.26 Å². The van der Waals surface area contributed by atoms with E-state index in [9.17, 15) is 4.79 Å². The molecular formula is C13H17N3O3S. The second-order valence-corrected chi connectivity index (χ2v) is 5.03. The standard InChI is InChI=1S/C13H17N3O3S/c1-4-13(5-2,12(17)18-6-3)11-15-10(16-19-11)9-7-20-8-14-9/h7-8H,4-6H2,1-3H3. The molecule has 0 aromatic carbocycles. The first-order valence-electron chi connectivity index (χ1n) is 6.57. The van der Waals surface area contributed by atoms with Crippen LogP contribution >= 0.6 is 11.3 Å². The van der Waals surface area contributed by atoms with Gasteiger partial charge in [-0.2, -0.15) is 4.98 Å². The summed E-state index contributed by atoms with van der Waals surface area (Å²) in [5.74, 6) is 0.374. The molecule has 0 spiro atoms. The van der Waals surface area contributed by atoms with Crippen LogP contribution in [0, 0.1) is 0 Å². The molecule has 0 N–H and O–H groups in total. The Morgan fingerprint density at radius 2 is 2.15 bits per heavy atom. The maximum Gasteiger partial charge on any atom is 0.321 e. The Morgan fingerprint density at radius 3 is 2.70 bits per heavy atom. The highest BCUT2D eigenvalue weighted by Crippen LogP contribution is 2.33. The Kier molecular flexibility index (Phi) is 4.49. The fourth-order valence-corrected chi connectivity index (χ4v) is 2.57. The summed E-state index contributed by atoms with van der Waals surface area (Å²) in [6.07, 6.45) is 1.09. The van der Waals surface area contributed by atoms with Crippen molar-refractivity contribution >= 4 is 17.3 Å². The molecule has 2 rings (SSSR count). The van der Waals surface area contributed by atoms with Crippen LogP contribution in [0.15, 0.2) is 15.4 Å². The van der Waals surface area contributed by atoms with Crippen molar-refractivity contribution in [1.82, 2.24) is 15.1 Å². The number of esters is 1. The minimum Gasteiger partial charge on any atom is -0.465 e. The lowest BCUT2D eigenvalue weighted by molar-refractivity contribution is -0.151. The van der Waals surface area contributed by atoms with Gasteiger partial charge in [-0.3, -0.25) is 4.79 Å². The van der Waals surface area contributed by atoms with E-state index in [4.69, 9.17) is 9.26 Å². The zero-order valence-electron chi connectivity index (χ0n) is 11.8. The summed E-state index contributed by atoms with van der Waals surface area (Å²) < 4.78 is 10.5. The first kappa shape index (κ1) is 14.6. The van der Waals surface area contributed by atoms with E-state index in [-0.39, 0.29) is 5.97 Å². The van der Waals surface area contributed by atoms with Crippen LogP contribution < -0.4 is 0 Å². The third kappa shape index (κ3) is 2.45. The summed E-state index contributed by atoms with van der Waals surface area (Å²) in [6, 6.07) is 0. The van der Waals surface area contributed by atoms with E-state index >= 15 is 0 Å². The van der Waals surface area contributed by atoms with Crippen molar-refractivity contribution in [1.29, 1.82) is 0 Å². The van der Waals surface area contributed by atoms with Gasteiger partial charge in [-0.05, 0) is 19.8 Å². The van der Waals surface area contributed by atoms with Gasteiger partial charge in [0.25, 0.3) is 0 Å². The normalized spacial score (nSPS) is 11.6. The van der Waals surface area contributed by atoms with Gasteiger partial charge in [-0.25, -0.2) is 4.98 Å². The van der Waals surface area contributed by atoms with Crippen molar-refractivity contribution in [3.8, 4) is 11.5 Å². The highest BCUT2D eigenvalue weighted by atomic mass is 32.1. The van der Waals surface area contributed by atoms with Gasteiger partial charge in [0.2, 0.25) is 11.7 Å². The summed E-state index contributed by atoms with van der Waals surface area (Å²) >= 11 is 1.45. The third-order valence-corrected chi connectivity index (χ3v) is 3.96. The average molecular weight is 295 g/mol. The number of aromatic nitrogens is 3. The van der Waals surface area contributed by atoms with E-state index in [1.165, 1.54) is 11.3 Å². The minimum atomic E-state index is -0.878. The molecular weight excluding hydrogens is 278 g/mol. The van der Waals surface area contributed by atoms with E-state index in [1.54, 1.807) is 12.4 Å². The smallest absolute Gasteiger partial charge is 0.321 e. The number of carbonyl (C=O) groups is 1. The Labute approximate surface area is 121 Å². The number of rotatable bonds is 6. The average Bonchev–Trinajstić information content (AvgIpc) is 3.12. The lowest BCUT2D eigenvalue weighted by atomic mass is 9.82. The number of hydrogen-bond donors (Lipinski definition) is 0. The molecule has 0 saturated heterocycles. The highest BCUT2D eigenvalue weighted by Gasteiger charge is 2.44. The van der Waals surface area contributed by atoms with E-state index in [2.05, 4.69) is 15.1 Å². The second-order valence-electron chi connectivity index (χ2n) is 4.31. The molecule has 7 heteroatoms. The lowest BCUT2D eigenvalue weighted by Gasteiger charge is -2.24. The SMILES string of the molecule is CCOC(=O)C(CC)(CC)c1nc(-c2cscn2)no1. The molecule has 0 bridgehead atoms. The summed E-state index contributed by atoms with van der Waals surface area (Å²) in [6.45, 7) is 5.93. The van der Waals surface area contributed by atoms with Crippen LogP contribution in [0.5, 0.6) is 0 Å². The third-order valence-electron chi connectivity index (χ3n) is 3.37. The van der Waals surface area contributed by atoms with Crippen molar-refractivity contribution in [3.05, 3.63) is 16.8 Å². The number of carbonyl (C=O) groups excluding carboxylic acids is 1. The van der Waals surface area contributed by atoms with Crippen LogP contribution in [0.3, 0.4) is 0 Å². The fraction of sp³-hybridized carbons (Fsp3) is 0.538. The van der Waals surface area contributed by atoms with Crippen molar-refractivity contribution in [2.45, 2.75) is 39.0 Å². The zero-order valence-corrected chi connectivity index (χ0v) is 12.6. The quantitative estimate of drug-likeness (QED) is 0.762. The first-order valence-corrected chi connectivity index (χ1v) is 7.52. The van der Waals surface area contributed by atoms with E-state index < -0.39 is 5.41 Å². The maximum absolute atomic E-state index is 12.3. The van der Waals surface area contributed by atoms with Crippen LogP contribution in [0.4, 0.5) is 0 Å². The molecule has 20 heavy (non-hydrogen) atoms. The van der Waals surface area contributed by atoms with Gasteiger partial charge >= 0.3 is 5.97 Å². The van der Waals surface area contributed by atoms with E-state index in [1.807, 2.05) is 19.2 Å².